The molecule has 1 aromatic carbocycles. The minimum absolute atomic E-state index is 0.102. The van der Waals surface area contributed by atoms with Crippen molar-refractivity contribution >= 4 is 35.1 Å². The van der Waals surface area contributed by atoms with Crippen molar-refractivity contribution in [3.05, 3.63) is 29.8 Å². The van der Waals surface area contributed by atoms with E-state index in [-0.39, 0.29) is 23.4 Å². The first-order valence-electron chi connectivity index (χ1n) is 6.71. The van der Waals surface area contributed by atoms with Crippen LogP contribution in [0.4, 0.5) is 4.79 Å². The molecule has 1 amide bonds. The van der Waals surface area contributed by atoms with Gasteiger partial charge in [-0.1, -0.05) is 12.1 Å². The van der Waals surface area contributed by atoms with E-state index in [1.54, 1.807) is 12.1 Å². The molecule has 0 bridgehead atoms. The number of carbonyl (C=O) groups is 3. The van der Waals surface area contributed by atoms with Gasteiger partial charge in [-0.05, 0) is 30.3 Å². The van der Waals surface area contributed by atoms with Crippen molar-refractivity contribution in [3.63, 3.8) is 0 Å². The van der Waals surface area contributed by atoms with Crippen LogP contribution < -0.4 is 10.1 Å². The molecule has 0 aromatic heterocycles. The van der Waals surface area contributed by atoms with Gasteiger partial charge >= 0.3 is 17.4 Å². The Hall–Kier alpha value is -2.64. The SMILES string of the molecule is COC(=O)c1ccccc1OC(=O)SCCCNC(C)=O.O=C=O. The summed E-state index contributed by atoms with van der Waals surface area (Å²) >= 11 is 0.986. The predicted octanol–water partition coefficient (Wildman–Crippen LogP) is 1.65. The van der Waals surface area contributed by atoms with Crippen LogP contribution in [0, 0.1) is 0 Å². The van der Waals surface area contributed by atoms with Crippen molar-refractivity contribution in [1.29, 1.82) is 0 Å². The third-order valence-electron chi connectivity index (χ3n) is 2.40. The zero-order valence-electron chi connectivity index (χ0n) is 13.2. The fourth-order valence-corrected chi connectivity index (χ4v) is 2.05. The monoisotopic (exact) mass is 355 g/mol. The van der Waals surface area contributed by atoms with E-state index in [4.69, 9.17) is 14.3 Å². The lowest BCUT2D eigenvalue weighted by Crippen LogP contribution is -2.21. The summed E-state index contributed by atoms with van der Waals surface area (Å²) in [6.45, 7) is 1.94. The van der Waals surface area contributed by atoms with E-state index >= 15 is 0 Å². The highest BCUT2D eigenvalue weighted by Crippen LogP contribution is 2.21. The summed E-state index contributed by atoms with van der Waals surface area (Å²) in [5, 5.41) is 2.13. The van der Waals surface area contributed by atoms with Gasteiger partial charge in [0, 0.05) is 19.2 Å². The summed E-state index contributed by atoms with van der Waals surface area (Å²) < 4.78 is 9.75. The molecule has 0 aliphatic rings. The first-order valence-corrected chi connectivity index (χ1v) is 7.70. The van der Waals surface area contributed by atoms with Crippen LogP contribution in [0.2, 0.25) is 0 Å². The summed E-state index contributed by atoms with van der Waals surface area (Å²) in [6.07, 6.45) is 0.901. The Balaban J connectivity index is 0.00000163. The van der Waals surface area contributed by atoms with E-state index in [0.29, 0.717) is 18.7 Å². The number of amides is 1. The number of hydrogen-bond acceptors (Lipinski definition) is 8. The first-order chi connectivity index (χ1) is 11.5. The fourth-order valence-electron chi connectivity index (χ4n) is 1.45. The summed E-state index contributed by atoms with van der Waals surface area (Å²) in [6, 6.07) is 6.37. The first kappa shape index (κ1) is 21.4. The second-order valence-electron chi connectivity index (χ2n) is 4.11. The lowest BCUT2D eigenvalue weighted by atomic mass is 10.2. The highest BCUT2D eigenvalue weighted by molar-refractivity contribution is 8.13. The predicted molar refractivity (Wildman–Crippen MR) is 84.6 cm³/mol. The minimum atomic E-state index is -0.561. The molecule has 24 heavy (non-hydrogen) atoms. The molecule has 8 nitrogen and oxygen atoms in total. The van der Waals surface area contributed by atoms with Crippen LogP contribution in [0.25, 0.3) is 0 Å². The number of thioether (sulfide) groups is 1. The number of ether oxygens (including phenoxy) is 2. The molecule has 130 valence electrons. The molecule has 0 spiro atoms. The molecule has 0 atom stereocenters. The number of benzene rings is 1. The standard InChI is InChI=1S/C14H17NO5S.CO2/c1-10(16)15-8-5-9-21-14(18)20-12-7-4-3-6-11(12)13(17)19-2;2-1-3/h3-4,6-7H,5,8-9H2,1-2H3,(H,15,16);. The zero-order chi connectivity index (χ0) is 18.4. The second-order valence-corrected chi connectivity index (χ2v) is 5.14. The minimum Gasteiger partial charge on any atom is -0.465 e. The van der Waals surface area contributed by atoms with Crippen LogP contribution in [0.15, 0.2) is 24.3 Å². The number of carbonyl (C=O) groups excluding carboxylic acids is 5. The van der Waals surface area contributed by atoms with Crippen molar-refractivity contribution in [2.75, 3.05) is 19.4 Å². The lowest BCUT2D eigenvalue weighted by molar-refractivity contribution is -0.191. The van der Waals surface area contributed by atoms with Gasteiger partial charge in [0.2, 0.25) is 5.91 Å². The molecule has 0 aliphatic heterocycles. The number of rotatable bonds is 6. The van der Waals surface area contributed by atoms with Crippen LogP contribution in [0.5, 0.6) is 5.75 Å². The largest absolute Gasteiger partial charge is 0.465 e. The maximum absolute atomic E-state index is 11.7. The number of methoxy groups -OCH3 is 1. The van der Waals surface area contributed by atoms with Gasteiger partial charge in [-0.15, -0.1) is 0 Å². The molecule has 0 heterocycles. The summed E-state index contributed by atoms with van der Waals surface area (Å²) in [7, 11) is 1.26. The van der Waals surface area contributed by atoms with E-state index in [9.17, 15) is 14.4 Å². The van der Waals surface area contributed by atoms with Gasteiger partial charge in [0.15, 0.2) is 0 Å². The molecule has 0 saturated carbocycles. The van der Waals surface area contributed by atoms with Crippen molar-refractivity contribution < 1.29 is 33.4 Å². The molecule has 0 radical (unpaired) electrons. The van der Waals surface area contributed by atoms with Gasteiger partial charge in [-0.2, -0.15) is 9.59 Å². The maximum atomic E-state index is 11.7. The summed E-state index contributed by atoms with van der Waals surface area (Å²) in [5.74, 6) is 0.0202. The van der Waals surface area contributed by atoms with Crippen molar-refractivity contribution in [3.8, 4) is 5.75 Å². The Morgan fingerprint density at radius 3 is 2.42 bits per heavy atom. The summed E-state index contributed by atoms with van der Waals surface area (Å²) in [5.41, 5.74) is 0.201. The average Bonchev–Trinajstić information content (AvgIpc) is 2.54. The molecule has 0 saturated heterocycles. The van der Waals surface area contributed by atoms with Gasteiger partial charge in [0.05, 0.1) is 7.11 Å². The van der Waals surface area contributed by atoms with Gasteiger partial charge < -0.3 is 14.8 Å². The number of hydrogen-bond donors (Lipinski definition) is 1. The second kappa shape index (κ2) is 12.9. The third kappa shape index (κ3) is 9.39. The highest BCUT2D eigenvalue weighted by atomic mass is 32.2. The molecule has 1 rings (SSSR count). The van der Waals surface area contributed by atoms with E-state index in [2.05, 4.69) is 10.1 Å². The van der Waals surface area contributed by atoms with Crippen LogP contribution in [0.3, 0.4) is 0 Å². The number of nitrogens with one attached hydrogen (secondary N) is 1. The Kier molecular flexibility index (Phi) is 11.4. The Morgan fingerprint density at radius 2 is 1.83 bits per heavy atom. The molecule has 1 aromatic rings. The van der Waals surface area contributed by atoms with Crippen molar-refractivity contribution in [2.45, 2.75) is 13.3 Å². The van der Waals surface area contributed by atoms with E-state index in [1.165, 1.54) is 26.2 Å². The quantitative estimate of drug-likeness (QED) is 0.605. The van der Waals surface area contributed by atoms with Crippen LogP contribution in [0.1, 0.15) is 23.7 Å². The molecule has 1 N–H and O–H groups in total. The van der Waals surface area contributed by atoms with Crippen molar-refractivity contribution in [2.24, 2.45) is 0 Å². The highest BCUT2D eigenvalue weighted by Gasteiger charge is 2.15. The zero-order valence-corrected chi connectivity index (χ0v) is 14.0. The third-order valence-corrected chi connectivity index (χ3v) is 3.21. The summed E-state index contributed by atoms with van der Waals surface area (Å²) in [4.78, 5) is 50.1. The molecular weight excluding hydrogens is 338 g/mol. The molecule has 0 unspecified atom stereocenters. The normalized spacial score (nSPS) is 8.92. The van der Waals surface area contributed by atoms with Crippen molar-refractivity contribution in [1.82, 2.24) is 5.32 Å². The smallest absolute Gasteiger partial charge is 0.373 e. The van der Waals surface area contributed by atoms with E-state index in [0.717, 1.165) is 11.8 Å². The molecule has 0 aliphatic carbocycles. The lowest BCUT2D eigenvalue weighted by Gasteiger charge is -2.08. The number of esters is 1. The maximum Gasteiger partial charge on any atom is 0.373 e. The van der Waals surface area contributed by atoms with Gasteiger partial charge in [-0.3, -0.25) is 4.79 Å². The van der Waals surface area contributed by atoms with Crippen LogP contribution in [-0.2, 0) is 19.1 Å². The Morgan fingerprint density at radius 1 is 1.21 bits per heavy atom. The molecule has 9 heteroatoms. The Bertz CT molecular complexity index is 597. The molecular formula is C15H17NO7S. The topological polar surface area (TPSA) is 116 Å². The van der Waals surface area contributed by atoms with Gasteiger partial charge in [-0.25, -0.2) is 9.59 Å². The fraction of sp³-hybridized carbons (Fsp3) is 0.333. The number of para-hydroxylation sites is 1. The molecule has 0 fully saturated rings. The van der Waals surface area contributed by atoms with Crippen LogP contribution >= 0.6 is 11.8 Å². The van der Waals surface area contributed by atoms with Gasteiger partial charge in [0.25, 0.3) is 0 Å². The van der Waals surface area contributed by atoms with E-state index < -0.39 is 11.3 Å². The average molecular weight is 355 g/mol. The van der Waals surface area contributed by atoms with E-state index in [1.807, 2.05) is 0 Å². The van der Waals surface area contributed by atoms with Crippen LogP contribution in [-0.4, -0.2) is 42.7 Å². The van der Waals surface area contributed by atoms with Gasteiger partial charge in [0.1, 0.15) is 11.3 Å². The Labute approximate surface area is 142 Å².